The smallest absolute Gasteiger partial charge is 0.340 e. The molecule has 5 heteroatoms. The first-order chi connectivity index (χ1) is 12.2. The van der Waals surface area contributed by atoms with Crippen molar-refractivity contribution in [2.45, 2.75) is 0 Å². The van der Waals surface area contributed by atoms with Crippen LogP contribution >= 0.6 is 0 Å². The van der Waals surface area contributed by atoms with Crippen molar-refractivity contribution in [3.8, 4) is 17.2 Å². The van der Waals surface area contributed by atoms with E-state index in [1.807, 2.05) is 42.5 Å². The highest BCUT2D eigenvalue weighted by Gasteiger charge is 2.15. The monoisotopic (exact) mass is 338 g/mol. The number of methoxy groups -OCH3 is 1. The van der Waals surface area contributed by atoms with Crippen LogP contribution in [0.25, 0.3) is 10.8 Å². The maximum Gasteiger partial charge on any atom is 0.340 e. The molecule has 0 aliphatic carbocycles. The molecule has 0 radical (unpaired) electrons. The number of benzene rings is 3. The van der Waals surface area contributed by atoms with Gasteiger partial charge in [-0.05, 0) is 29.0 Å². The molecule has 0 atom stereocenters. The van der Waals surface area contributed by atoms with Gasteiger partial charge < -0.3 is 19.3 Å². The summed E-state index contributed by atoms with van der Waals surface area (Å²) >= 11 is 0. The van der Waals surface area contributed by atoms with Gasteiger partial charge in [-0.2, -0.15) is 0 Å². The lowest BCUT2D eigenvalue weighted by atomic mass is 10.0. The summed E-state index contributed by atoms with van der Waals surface area (Å²) in [5.41, 5.74) is 0.166. The molecule has 0 bridgehead atoms. The zero-order valence-corrected chi connectivity index (χ0v) is 13.8. The van der Waals surface area contributed by atoms with Crippen LogP contribution in [0.15, 0.2) is 60.7 Å². The summed E-state index contributed by atoms with van der Waals surface area (Å²) in [4.78, 5) is 11.6. The van der Waals surface area contributed by atoms with E-state index in [4.69, 9.17) is 14.2 Å². The largest absolute Gasteiger partial charge is 0.497 e. The van der Waals surface area contributed by atoms with Crippen LogP contribution in [0.2, 0.25) is 0 Å². The Morgan fingerprint density at radius 1 is 0.920 bits per heavy atom. The van der Waals surface area contributed by atoms with Gasteiger partial charge in [0.1, 0.15) is 36.0 Å². The van der Waals surface area contributed by atoms with Crippen LogP contribution < -0.4 is 14.2 Å². The van der Waals surface area contributed by atoms with Crippen molar-refractivity contribution in [3.63, 3.8) is 0 Å². The van der Waals surface area contributed by atoms with Crippen LogP contribution in [-0.4, -0.2) is 31.4 Å². The highest BCUT2D eigenvalue weighted by Crippen LogP contribution is 2.28. The van der Waals surface area contributed by atoms with Gasteiger partial charge in [-0.25, -0.2) is 4.79 Å². The minimum absolute atomic E-state index is 0.166. The van der Waals surface area contributed by atoms with Crippen LogP contribution in [0.3, 0.4) is 0 Å². The van der Waals surface area contributed by atoms with Gasteiger partial charge in [0.15, 0.2) is 0 Å². The summed E-state index contributed by atoms with van der Waals surface area (Å²) < 4.78 is 16.4. The fourth-order valence-corrected chi connectivity index (χ4v) is 2.59. The molecule has 5 nitrogen and oxygen atoms in total. The minimum atomic E-state index is -1.01. The summed E-state index contributed by atoms with van der Waals surface area (Å²) in [7, 11) is 1.59. The summed E-state index contributed by atoms with van der Waals surface area (Å²) in [6, 6.07) is 18.1. The van der Waals surface area contributed by atoms with E-state index in [1.165, 1.54) is 0 Å². The molecule has 3 aromatic rings. The number of carboxylic acids is 1. The lowest BCUT2D eigenvalue weighted by Crippen LogP contribution is -2.11. The number of aromatic carboxylic acids is 1. The molecule has 0 fully saturated rings. The fourth-order valence-electron chi connectivity index (χ4n) is 2.59. The number of fused-ring (bicyclic) bond motifs is 1. The summed E-state index contributed by atoms with van der Waals surface area (Å²) in [6.45, 7) is 0.523. The van der Waals surface area contributed by atoms with Crippen molar-refractivity contribution in [1.29, 1.82) is 0 Å². The molecule has 0 saturated heterocycles. The molecule has 0 heterocycles. The SMILES string of the molecule is COc1cccc(OCCOc2ccc3ccccc3c2C(=O)O)c1. The second-order valence-electron chi connectivity index (χ2n) is 5.34. The van der Waals surface area contributed by atoms with Crippen molar-refractivity contribution in [1.82, 2.24) is 0 Å². The van der Waals surface area contributed by atoms with Crippen LogP contribution in [0.4, 0.5) is 0 Å². The standard InChI is InChI=1S/C20H18O5/c1-23-15-6-4-7-16(13-15)24-11-12-25-18-10-9-14-5-2-3-8-17(14)19(18)20(21)22/h2-10,13H,11-12H2,1H3,(H,21,22). The topological polar surface area (TPSA) is 65.0 Å². The fraction of sp³-hybridized carbons (Fsp3) is 0.150. The Labute approximate surface area is 145 Å². The van der Waals surface area contributed by atoms with Crippen LogP contribution in [-0.2, 0) is 0 Å². The first kappa shape index (κ1) is 16.6. The molecule has 0 aromatic heterocycles. The molecule has 3 rings (SSSR count). The molecule has 1 N–H and O–H groups in total. The van der Waals surface area contributed by atoms with Crippen molar-refractivity contribution >= 4 is 16.7 Å². The van der Waals surface area contributed by atoms with Gasteiger partial charge >= 0.3 is 5.97 Å². The van der Waals surface area contributed by atoms with Gasteiger partial charge in [0.2, 0.25) is 0 Å². The van der Waals surface area contributed by atoms with E-state index in [9.17, 15) is 9.90 Å². The first-order valence-corrected chi connectivity index (χ1v) is 7.84. The van der Waals surface area contributed by atoms with Crippen LogP contribution in [0.5, 0.6) is 17.2 Å². The highest BCUT2D eigenvalue weighted by molar-refractivity contribution is 6.06. The number of hydrogen-bond acceptors (Lipinski definition) is 4. The summed E-state index contributed by atoms with van der Waals surface area (Å²) in [6.07, 6.45) is 0. The first-order valence-electron chi connectivity index (χ1n) is 7.84. The van der Waals surface area contributed by atoms with E-state index < -0.39 is 5.97 Å². The Kier molecular flexibility index (Phi) is 5.04. The zero-order chi connectivity index (χ0) is 17.6. The van der Waals surface area contributed by atoms with Gasteiger partial charge in [0.25, 0.3) is 0 Å². The second-order valence-corrected chi connectivity index (χ2v) is 5.34. The molecule has 128 valence electrons. The zero-order valence-electron chi connectivity index (χ0n) is 13.8. The predicted octanol–water partition coefficient (Wildman–Crippen LogP) is 4.00. The number of rotatable bonds is 7. The quantitative estimate of drug-likeness (QED) is 0.660. The maximum absolute atomic E-state index is 11.6. The lowest BCUT2D eigenvalue weighted by Gasteiger charge is -2.12. The van der Waals surface area contributed by atoms with E-state index >= 15 is 0 Å². The Balaban J connectivity index is 1.68. The predicted molar refractivity (Wildman–Crippen MR) is 94.9 cm³/mol. The Morgan fingerprint density at radius 2 is 1.68 bits per heavy atom. The van der Waals surface area contributed by atoms with E-state index in [0.717, 1.165) is 5.39 Å². The molecule has 0 unspecified atom stereocenters. The lowest BCUT2D eigenvalue weighted by molar-refractivity contribution is 0.0693. The van der Waals surface area contributed by atoms with Gasteiger partial charge in [-0.3, -0.25) is 0 Å². The Morgan fingerprint density at radius 3 is 2.48 bits per heavy atom. The molecular weight excluding hydrogens is 320 g/mol. The molecular formula is C20H18O5. The third kappa shape index (κ3) is 3.83. The van der Waals surface area contributed by atoms with Crippen molar-refractivity contribution in [2.75, 3.05) is 20.3 Å². The number of ether oxygens (including phenoxy) is 3. The minimum Gasteiger partial charge on any atom is -0.497 e. The number of hydrogen-bond donors (Lipinski definition) is 1. The Hall–Kier alpha value is -3.21. The van der Waals surface area contributed by atoms with Crippen molar-refractivity contribution < 1.29 is 24.1 Å². The average Bonchev–Trinajstić information content (AvgIpc) is 2.64. The third-order valence-electron chi connectivity index (χ3n) is 3.76. The van der Waals surface area contributed by atoms with E-state index in [2.05, 4.69) is 0 Å². The maximum atomic E-state index is 11.6. The van der Waals surface area contributed by atoms with Crippen molar-refractivity contribution in [2.24, 2.45) is 0 Å². The molecule has 0 saturated carbocycles. The molecule has 3 aromatic carbocycles. The molecule has 0 spiro atoms. The number of carbonyl (C=O) groups is 1. The number of carboxylic acid groups (broad SMARTS) is 1. The van der Waals surface area contributed by atoms with Gasteiger partial charge in [0, 0.05) is 6.07 Å². The Bertz CT molecular complexity index is 888. The highest BCUT2D eigenvalue weighted by atomic mass is 16.5. The van der Waals surface area contributed by atoms with Gasteiger partial charge in [-0.15, -0.1) is 0 Å². The summed E-state index contributed by atoms with van der Waals surface area (Å²) in [5.74, 6) is 0.696. The van der Waals surface area contributed by atoms with E-state index in [0.29, 0.717) is 29.2 Å². The third-order valence-corrected chi connectivity index (χ3v) is 3.76. The van der Waals surface area contributed by atoms with E-state index in [-0.39, 0.29) is 12.2 Å². The van der Waals surface area contributed by atoms with Crippen LogP contribution in [0.1, 0.15) is 10.4 Å². The van der Waals surface area contributed by atoms with Gasteiger partial charge in [-0.1, -0.05) is 36.4 Å². The van der Waals surface area contributed by atoms with Crippen molar-refractivity contribution in [3.05, 3.63) is 66.2 Å². The normalized spacial score (nSPS) is 10.4. The second kappa shape index (κ2) is 7.57. The molecule has 0 aliphatic rings. The molecule has 0 amide bonds. The molecule has 25 heavy (non-hydrogen) atoms. The molecule has 0 aliphatic heterocycles. The average molecular weight is 338 g/mol. The van der Waals surface area contributed by atoms with Crippen LogP contribution in [0, 0.1) is 0 Å². The van der Waals surface area contributed by atoms with E-state index in [1.54, 1.807) is 25.3 Å². The summed E-state index contributed by atoms with van der Waals surface area (Å²) in [5, 5.41) is 11.0. The van der Waals surface area contributed by atoms with Gasteiger partial charge in [0.05, 0.1) is 7.11 Å².